The van der Waals surface area contributed by atoms with Crippen molar-refractivity contribution >= 4 is 23.5 Å². The standard InChI is InChI=1S/C14H18ClN5/c1-10(11-6-4-3-5-7-11)8-9-17-14-19-12(15)18-13(16-2)20-14/h3-7,10H,8-9H2,1-2H3,(H2,16,17,18,19,20). The van der Waals surface area contributed by atoms with E-state index in [1.807, 2.05) is 6.07 Å². The number of hydrogen-bond acceptors (Lipinski definition) is 5. The second kappa shape index (κ2) is 7.05. The summed E-state index contributed by atoms with van der Waals surface area (Å²) in [5, 5.41) is 6.20. The van der Waals surface area contributed by atoms with E-state index in [0.717, 1.165) is 13.0 Å². The van der Waals surface area contributed by atoms with Crippen LogP contribution in [0.15, 0.2) is 30.3 Å². The third-order valence-corrected chi connectivity index (χ3v) is 3.23. The SMILES string of the molecule is CNc1nc(Cl)nc(NCCC(C)c2ccccc2)n1. The zero-order chi connectivity index (χ0) is 14.4. The molecule has 0 amide bonds. The van der Waals surface area contributed by atoms with E-state index in [4.69, 9.17) is 11.6 Å². The minimum atomic E-state index is 0.183. The molecule has 0 spiro atoms. The number of halogens is 1. The Morgan fingerprint density at radius 1 is 1.10 bits per heavy atom. The fourth-order valence-corrected chi connectivity index (χ4v) is 2.05. The average Bonchev–Trinajstić information content (AvgIpc) is 2.47. The number of rotatable bonds is 6. The van der Waals surface area contributed by atoms with Crippen LogP contribution in [0.2, 0.25) is 5.28 Å². The van der Waals surface area contributed by atoms with Gasteiger partial charge >= 0.3 is 0 Å². The number of benzene rings is 1. The summed E-state index contributed by atoms with van der Waals surface area (Å²) in [6, 6.07) is 10.4. The van der Waals surface area contributed by atoms with Gasteiger partial charge in [0.25, 0.3) is 0 Å². The van der Waals surface area contributed by atoms with Crippen molar-refractivity contribution in [1.29, 1.82) is 0 Å². The van der Waals surface area contributed by atoms with Crippen LogP contribution in [-0.4, -0.2) is 28.5 Å². The molecule has 0 aliphatic carbocycles. The Morgan fingerprint density at radius 3 is 2.50 bits per heavy atom. The number of anilines is 2. The highest BCUT2D eigenvalue weighted by Crippen LogP contribution is 2.18. The van der Waals surface area contributed by atoms with Crippen LogP contribution in [0.4, 0.5) is 11.9 Å². The largest absolute Gasteiger partial charge is 0.357 e. The fraction of sp³-hybridized carbons (Fsp3) is 0.357. The molecule has 6 heteroatoms. The van der Waals surface area contributed by atoms with E-state index in [9.17, 15) is 0 Å². The van der Waals surface area contributed by atoms with Gasteiger partial charge in [0.15, 0.2) is 0 Å². The van der Waals surface area contributed by atoms with E-state index in [1.54, 1.807) is 7.05 Å². The Hall–Kier alpha value is -1.88. The first-order chi connectivity index (χ1) is 9.69. The monoisotopic (exact) mass is 291 g/mol. The van der Waals surface area contributed by atoms with Crippen molar-refractivity contribution in [2.24, 2.45) is 0 Å². The summed E-state index contributed by atoms with van der Waals surface area (Å²) >= 11 is 5.82. The van der Waals surface area contributed by atoms with Crippen LogP contribution in [0.5, 0.6) is 0 Å². The molecule has 1 aromatic carbocycles. The summed E-state index contributed by atoms with van der Waals surface area (Å²) in [6.07, 6.45) is 0.988. The number of nitrogens with one attached hydrogen (secondary N) is 2. The quantitative estimate of drug-likeness (QED) is 0.856. The van der Waals surface area contributed by atoms with E-state index < -0.39 is 0 Å². The van der Waals surface area contributed by atoms with Crippen molar-refractivity contribution < 1.29 is 0 Å². The van der Waals surface area contributed by atoms with Crippen molar-refractivity contribution in [2.75, 3.05) is 24.2 Å². The van der Waals surface area contributed by atoms with Gasteiger partial charge in [-0.1, -0.05) is 37.3 Å². The molecule has 0 aliphatic rings. The van der Waals surface area contributed by atoms with E-state index in [2.05, 4.69) is 56.8 Å². The number of nitrogens with zero attached hydrogens (tertiary/aromatic N) is 3. The Morgan fingerprint density at radius 2 is 1.80 bits per heavy atom. The normalized spacial score (nSPS) is 11.9. The molecule has 0 saturated carbocycles. The smallest absolute Gasteiger partial charge is 0.228 e. The predicted molar refractivity (Wildman–Crippen MR) is 82.3 cm³/mol. The van der Waals surface area contributed by atoms with Gasteiger partial charge in [-0.3, -0.25) is 0 Å². The third kappa shape index (κ3) is 4.06. The van der Waals surface area contributed by atoms with Gasteiger partial charge in [-0.2, -0.15) is 15.0 Å². The Kier molecular flexibility index (Phi) is 5.12. The maximum Gasteiger partial charge on any atom is 0.228 e. The molecule has 1 unspecified atom stereocenters. The molecule has 1 atom stereocenters. The highest BCUT2D eigenvalue weighted by Gasteiger charge is 2.06. The second-order valence-corrected chi connectivity index (χ2v) is 4.87. The lowest BCUT2D eigenvalue weighted by Crippen LogP contribution is -2.10. The maximum absolute atomic E-state index is 5.82. The lowest BCUT2D eigenvalue weighted by Gasteiger charge is -2.12. The molecule has 0 fully saturated rings. The maximum atomic E-state index is 5.82. The average molecular weight is 292 g/mol. The van der Waals surface area contributed by atoms with Gasteiger partial charge in [-0.05, 0) is 29.5 Å². The van der Waals surface area contributed by atoms with Gasteiger partial charge in [0.1, 0.15) is 0 Å². The highest BCUT2D eigenvalue weighted by atomic mass is 35.5. The van der Waals surface area contributed by atoms with E-state index in [0.29, 0.717) is 17.8 Å². The summed E-state index contributed by atoms with van der Waals surface area (Å²) in [4.78, 5) is 12.2. The molecule has 2 N–H and O–H groups in total. The van der Waals surface area contributed by atoms with Gasteiger partial charge in [0.05, 0.1) is 0 Å². The van der Waals surface area contributed by atoms with Crippen molar-refractivity contribution in [2.45, 2.75) is 19.3 Å². The zero-order valence-electron chi connectivity index (χ0n) is 11.6. The molecule has 2 rings (SSSR count). The zero-order valence-corrected chi connectivity index (χ0v) is 12.4. The first-order valence-electron chi connectivity index (χ1n) is 6.57. The second-order valence-electron chi connectivity index (χ2n) is 4.53. The van der Waals surface area contributed by atoms with Crippen molar-refractivity contribution in [3.63, 3.8) is 0 Å². The van der Waals surface area contributed by atoms with E-state index in [1.165, 1.54) is 5.56 Å². The topological polar surface area (TPSA) is 62.7 Å². The fourth-order valence-electron chi connectivity index (χ4n) is 1.89. The Balaban J connectivity index is 1.88. The van der Waals surface area contributed by atoms with Crippen LogP contribution >= 0.6 is 11.6 Å². The molecule has 2 aromatic rings. The van der Waals surface area contributed by atoms with Gasteiger partial charge in [0.2, 0.25) is 17.2 Å². The Bertz CT molecular complexity index is 547. The van der Waals surface area contributed by atoms with Crippen LogP contribution in [0.25, 0.3) is 0 Å². The van der Waals surface area contributed by atoms with Gasteiger partial charge in [-0.25, -0.2) is 0 Å². The van der Waals surface area contributed by atoms with Crippen molar-refractivity contribution in [3.8, 4) is 0 Å². The summed E-state index contributed by atoms with van der Waals surface area (Å²) in [6.45, 7) is 2.98. The van der Waals surface area contributed by atoms with Crippen LogP contribution in [-0.2, 0) is 0 Å². The van der Waals surface area contributed by atoms with Crippen LogP contribution in [0.3, 0.4) is 0 Å². The molecular weight excluding hydrogens is 274 g/mol. The van der Waals surface area contributed by atoms with E-state index >= 15 is 0 Å². The number of aromatic nitrogens is 3. The summed E-state index contributed by atoms with van der Waals surface area (Å²) < 4.78 is 0. The van der Waals surface area contributed by atoms with Crippen molar-refractivity contribution in [3.05, 3.63) is 41.2 Å². The van der Waals surface area contributed by atoms with Crippen LogP contribution in [0.1, 0.15) is 24.8 Å². The van der Waals surface area contributed by atoms with Gasteiger partial charge in [0, 0.05) is 13.6 Å². The lowest BCUT2D eigenvalue weighted by atomic mass is 9.98. The molecule has 20 heavy (non-hydrogen) atoms. The summed E-state index contributed by atoms with van der Waals surface area (Å²) in [5.41, 5.74) is 1.33. The van der Waals surface area contributed by atoms with Gasteiger partial charge in [-0.15, -0.1) is 0 Å². The molecule has 1 heterocycles. The molecule has 0 bridgehead atoms. The minimum absolute atomic E-state index is 0.183. The predicted octanol–water partition coefficient (Wildman–Crippen LogP) is 3.17. The lowest BCUT2D eigenvalue weighted by molar-refractivity contribution is 0.703. The molecule has 0 radical (unpaired) electrons. The molecule has 1 aromatic heterocycles. The number of hydrogen-bond donors (Lipinski definition) is 2. The summed E-state index contributed by atoms with van der Waals surface area (Å²) in [7, 11) is 1.74. The summed E-state index contributed by atoms with van der Waals surface area (Å²) in [5.74, 6) is 1.43. The van der Waals surface area contributed by atoms with Crippen LogP contribution < -0.4 is 10.6 Å². The first kappa shape index (κ1) is 14.5. The van der Waals surface area contributed by atoms with Crippen LogP contribution in [0, 0.1) is 0 Å². The Labute approximate surface area is 123 Å². The molecule has 0 saturated heterocycles. The van der Waals surface area contributed by atoms with Gasteiger partial charge < -0.3 is 10.6 Å². The first-order valence-corrected chi connectivity index (χ1v) is 6.95. The molecular formula is C14H18ClN5. The minimum Gasteiger partial charge on any atom is -0.357 e. The van der Waals surface area contributed by atoms with E-state index in [-0.39, 0.29) is 5.28 Å². The highest BCUT2D eigenvalue weighted by molar-refractivity contribution is 6.28. The molecule has 0 aliphatic heterocycles. The molecule has 5 nitrogen and oxygen atoms in total. The molecule has 106 valence electrons. The van der Waals surface area contributed by atoms with Crippen molar-refractivity contribution in [1.82, 2.24) is 15.0 Å². The third-order valence-electron chi connectivity index (χ3n) is 3.06.